The third-order valence-electron chi connectivity index (χ3n) is 3.51. The average Bonchev–Trinajstić information content (AvgIpc) is 2.78. The molecule has 0 saturated carbocycles. The number of aromatic nitrogens is 2. The zero-order valence-corrected chi connectivity index (χ0v) is 12.4. The predicted molar refractivity (Wildman–Crippen MR) is 71.0 cm³/mol. The Balaban J connectivity index is 2.30. The van der Waals surface area contributed by atoms with Gasteiger partial charge in [0, 0.05) is 0 Å². The molecular weight excluding hydrogens is 248 g/mol. The van der Waals surface area contributed by atoms with E-state index in [0.717, 1.165) is 18.5 Å². The van der Waals surface area contributed by atoms with Gasteiger partial charge in [-0.25, -0.2) is 0 Å². The predicted octanol–water partition coefficient (Wildman–Crippen LogP) is 2.88. The number of carbonyl (C=O) groups is 1. The number of aryl methyl sites for hydroxylation is 1. The summed E-state index contributed by atoms with van der Waals surface area (Å²) in [5.74, 6) is 0.0254. The molecule has 100 valence electrons. The minimum atomic E-state index is -0.421. The fourth-order valence-corrected chi connectivity index (χ4v) is 3.50. The quantitative estimate of drug-likeness (QED) is 0.791. The topological polar surface area (TPSA) is 52.1 Å². The number of hydrogen-bond acceptors (Lipinski definition) is 5. The lowest BCUT2D eigenvalue weighted by atomic mass is 9.83. The van der Waals surface area contributed by atoms with Crippen molar-refractivity contribution in [1.82, 2.24) is 9.59 Å². The van der Waals surface area contributed by atoms with E-state index in [9.17, 15) is 4.79 Å². The molecule has 4 nitrogen and oxygen atoms in total. The van der Waals surface area contributed by atoms with E-state index in [2.05, 4.69) is 9.59 Å². The zero-order valence-electron chi connectivity index (χ0n) is 11.6. The minimum Gasteiger partial charge on any atom is -0.369 e. The lowest BCUT2D eigenvalue weighted by molar-refractivity contribution is -0.0712. The number of nitrogens with zero attached hydrogens (tertiary/aromatic N) is 2. The van der Waals surface area contributed by atoms with Gasteiger partial charge in [-0.05, 0) is 52.1 Å². The molecule has 2 heterocycles. The van der Waals surface area contributed by atoms with Crippen molar-refractivity contribution in [3.8, 4) is 0 Å². The Bertz CT molecular complexity index is 465. The largest absolute Gasteiger partial charge is 0.369 e. The Morgan fingerprint density at radius 2 is 2.11 bits per heavy atom. The van der Waals surface area contributed by atoms with Gasteiger partial charge in [0.2, 0.25) is 0 Å². The monoisotopic (exact) mass is 268 g/mol. The molecule has 1 aliphatic rings. The zero-order chi connectivity index (χ0) is 13.6. The van der Waals surface area contributed by atoms with Crippen LogP contribution in [-0.4, -0.2) is 26.6 Å². The molecule has 2 rings (SSSR count). The van der Waals surface area contributed by atoms with Crippen LogP contribution in [-0.2, 0) is 11.2 Å². The van der Waals surface area contributed by atoms with Gasteiger partial charge < -0.3 is 4.74 Å². The number of ketones is 1. The normalized spacial score (nSPS) is 25.3. The van der Waals surface area contributed by atoms with Crippen LogP contribution in [0.25, 0.3) is 0 Å². The Hall–Kier alpha value is -0.810. The van der Waals surface area contributed by atoms with Crippen molar-refractivity contribution < 1.29 is 9.53 Å². The maximum atomic E-state index is 12.6. The van der Waals surface area contributed by atoms with E-state index < -0.39 is 5.60 Å². The van der Waals surface area contributed by atoms with Crippen molar-refractivity contribution in [3.05, 3.63) is 10.6 Å². The number of rotatable bonds is 3. The first-order valence-electron chi connectivity index (χ1n) is 6.32. The highest BCUT2D eigenvalue weighted by Crippen LogP contribution is 2.43. The molecule has 1 unspecified atom stereocenters. The molecule has 0 N–H and O–H groups in total. The number of carbonyl (C=O) groups excluding carboxylic acids is 1. The Morgan fingerprint density at radius 1 is 1.44 bits per heavy atom. The number of hydrogen-bond donors (Lipinski definition) is 0. The van der Waals surface area contributed by atoms with Gasteiger partial charge in [-0.1, -0.05) is 11.4 Å². The molecule has 0 spiro atoms. The summed E-state index contributed by atoms with van der Waals surface area (Å²) in [4.78, 5) is 13.3. The minimum absolute atomic E-state index is 0.111. The van der Waals surface area contributed by atoms with Crippen LogP contribution in [0, 0.1) is 5.92 Å². The van der Waals surface area contributed by atoms with E-state index in [-0.39, 0.29) is 17.3 Å². The van der Waals surface area contributed by atoms with Crippen LogP contribution < -0.4 is 0 Å². The molecule has 0 aromatic carbocycles. The molecule has 5 heteroatoms. The second-order valence-corrected chi connectivity index (χ2v) is 6.74. The highest BCUT2D eigenvalue weighted by atomic mass is 32.1. The summed E-state index contributed by atoms with van der Waals surface area (Å²) in [7, 11) is 0. The molecule has 0 amide bonds. The summed E-state index contributed by atoms with van der Waals surface area (Å²) in [5, 5.41) is 4.02. The molecule has 1 aliphatic heterocycles. The lowest BCUT2D eigenvalue weighted by Crippen LogP contribution is -2.33. The van der Waals surface area contributed by atoms with Gasteiger partial charge in [0.25, 0.3) is 0 Å². The second-order valence-electron chi connectivity index (χ2n) is 5.99. The average molecular weight is 268 g/mol. The van der Waals surface area contributed by atoms with E-state index in [1.54, 1.807) is 0 Å². The molecule has 18 heavy (non-hydrogen) atoms. The van der Waals surface area contributed by atoms with Crippen molar-refractivity contribution in [2.45, 2.75) is 58.7 Å². The van der Waals surface area contributed by atoms with E-state index in [0.29, 0.717) is 4.88 Å². The van der Waals surface area contributed by atoms with Crippen LogP contribution in [0.15, 0.2) is 0 Å². The fourth-order valence-electron chi connectivity index (χ4n) is 2.76. The molecule has 1 atom stereocenters. The van der Waals surface area contributed by atoms with E-state index in [1.165, 1.54) is 11.5 Å². The first-order chi connectivity index (χ1) is 8.27. The highest BCUT2D eigenvalue weighted by Gasteiger charge is 2.50. The van der Waals surface area contributed by atoms with Gasteiger partial charge >= 0.3 is 0 Å². The van der Waals surface area contributed by atoms with Crippen LogP contribution in [0.1, 0.15) is 56.4 Å². The Morgan fingerprint density at radius 3 is 2.61 bits per heavy atom. The standard InChI is InChI=1S/C13H20N2O2S/c1-6-9-11(18-15-14-9)10(16)8-7-12(2,3)17-13(8,4)5/h8H,6-7H2,1-5H3. The first-order valence-corrected chi connectivity index (χ1v) is 7.10. The van der Waals surface area contributed by atoms with Crippen LogP contribution in [0.4, 0.5) is 0 Å². The highest BCUT2D eigenvalue weighted by molar-refractivity contribution is 7.08. The SMILES string of the molecule is CCc1nnsc1C(=O)C1CC(C)(C)OC1(C)C. The van der Waals surface area contributed by atoms with Crippen molar-refractivity contribution in [2.24, 2.45) is 5.92 Å². The lowest BCUT2D eigenvalue weighted by Gasteiger charge is -2.26. The Kier molecular flexibility index (Phi) is 3.32. The molecule has 1 saturated heterocycles. The van der Waals surface area contributed by atoms with Crippen molar-refractivity contribution in [1.29, 1.82) is 0 Å². The summed E-state index contributed by atoms with van der Waals surface area (Å²) >= 11 is 1.20. The third-order valence-corrected chi connectivity index (χ3v) is 4.29. The van der Waals surface area contributed by atoms with Crippen molar-refractivity contribution in [2.75, 3.05) is 0 Å². The molecular formula is C13H20N2O2S. The number of ether oxygens (including phenoxy) is 1. The second kappa shape index (κ2) is 4.38. The van der Waals surface area contributed by atoms with Crippen LogP contribution >= 0.6 is 11.5 Å². The molecule has 1 aromatic heterocycles. The molecule has 1 aromatic rings. The summed E-state index contributed by atoms with van der Waals surface area (Å²) in [6, 6.07) is 0. The first kappa shape index (κ1) is 13.6. The maximum absolute atomic E-state index is 12.6. The van der Waals surface area contributed by atoms with Gasteiger partial charge in [-0.15, -0.1) is 5.10 Å². The number of Topliss-reactive ketones (excluding diaryl/α,β-unsaturated/α-hetero) is 1. The van der Waals surface area contributed by atoms with Gasteiger partial charge in [-0.3, -0.25) is 4.79 Å². The van der Waals surface area contributed by atoms with E-state index in [1.807, 2.05) is 34.6 Å². The fraction of sp³-hybridized carbons (Fsp3) is 0.769. The third kappa shape index (κ3) is 2.34. The van der Waals surface area contributed by atoms with Crippen molar-refractivity contribution in [3.63, 3.8) is 0 Å². The molecule has 0 aliphatic carbocycles. The molecule has 1 fully saturated rings. The maximum Gasteiger partial charge on any atom is 0.182 e. The van der Waals surface area contributed by atoms with Crippen LogP contribution in [0.2, 0.25) is 0 Å². The molecule has 0 bridgehead atoms. The van der Waals surface area contributed by atoms with Gasteiger partial charge in [-0.2, -0.15) is 0 Å². The van der Waals surface area contributed by atoms with Gasteiger partial charge in [0.15, 0.2) is 5.78 Å². The summed E-state index contributed by atoms with van der Waals surface area (Å²) < 4.78 is 9.88. The van der Waals surface area contributed by atoms with Crippen LogP contribution in [0.3, 0.4) is 0 Å². The smallest absolute Gasteiger partial charge is 0.182 e. The van der Waals surface area contributed by atoms with Gasteiger partial charge in [0.1, 0.15) is 4.88 Å². The molecule has 0 radical (unpaired) electrons. The van der Waals surface area contributed by atoms with E-state index >= 15 is 0 Å². The van der Waals surface area contributed by atoms with E-state index in [4.69, 9.17) is 4.74 Å². The Labute approximate surface area is 112 Å². The summed E-state index contributed by atoms with van der Waals surface area (Å²) in [6.45, 7) is 10.0. The van der Waals surface area contributed by atoms with Gasteiger partial charge in [0.05, 0.1) is 22.8 Å². The van der Waals surface area contributed by atoms with Crippen LogP contribution in [0.5, 0.6) is 0 Å². The van der Waals surface area contributed by atoms with Crippen molar-refractivity contribution >= 4 is 17.3 Å². The summed E-state index contributed by atoms with van der Waals surface area (Å²) in [5.41, 5.74) is 0.148. The summed E-state index contributed by atoms with van der Waals surface area (Å²) in [6.07, 6.45) is 1.49.